The lowest BCUT2D eigenvalue weighted by Crippen LogP contribution is -2.37. The summed E-state index contributed by atoms with van der Waals surface area (Å²) in [4.78, 5) is 28.0. The van der Waals surface area contributed by atoms with Gasteiger partial charge in [0.1, 0.15) is 5.82 Å². The molecule has 2 atom stereocenters. The maximum Gasteiger partial charge on any atom is 0.234 e. The quantitative estimate of drug-likeness (QED) is 0.724. The number of rotatable bonds is 5. The van der Waals surface area contributed by atoms with Crippen LogP contribution in [0.5, 0.6) is 0 Å². The summed E-state index contributed by atoms with van der Waals surface area (Å²) in [5.74, 6) is -1.16. The summed E-state index contributed by atoms with van der Waals surface area (Å²) < 4.78 is 19.6. The number of halogens is 2. The minimum atomic E-state index is -0.311. The van der Waals surface area contributed by atoms with Crippen LogP contribution < -0.4 is 0 Å². The summed E-state index contributed by atoms with van der Waals surface area (Å²) >= 11 is 3.33. The number of carbonyl (C=O) groups is 2. The molecule has 2 saturated heterocycles. The van der Waals surface area contributed by atoms with Gasteiger partial charge in [0.2, 0.25) is 11.8 Å². The first-order chi connectivity index (χ1) is 11.0. The summed E-state index contributed by atoms with van der Waals surface area (Å²) in [6.45, 7) is 2.04. The lowest BCUT2D eigenvalue weighted by molar-refractivity contribution is -0.141. The van der Waals surface area contributed by atoms with E-state index in [0.717, 1.165) is 4.47 Å². The van der Waals surface area contributed by atoms with Crippen molar-refractivity contribution in [2.45, 2.75) is 6.54 Å². The second-order valence-electron chi connectivity index (χ2n) is 5.96. The molecule has 2 aliphatic heterocycles. The molecular formula is C16H18BrFN2O3. The van der Waals surface area contributed by atoms with Crippen LogP contribution in [-0.4, -0.2) is 55.0 Å². The smallest absolute Gasteiger partial charge is 0.234 e. The number of imide groups is 1. The van der Waals surface area contributed by atoms with Gasteiger partial charge in [-0.2, -0.15) is 0 Å². The van der Waals surface area contributed by atoms with Gasteiger partial charge in [0.15, 0.2) is 0 Å². The largest absolute Gasteiger partial charge is 0.383 e. The second-order valence-corrected chi connectivity index (χ2v) is 6.88. The van der Waals surface area contributed by atoms with Gasteiger partial charge in [0.05, 0.1) is 25.0 Å². The molecule has 0 radical (unpaired) electrons. The zero-order valence-corrected chi connectivity index (χ0v) is 14.4. The van der Waals surface area contributed by atoms with Crippen LogP contribution in [0.3, 0.4) is 0 Å². The van der Waals surface area contributed by atoms with Gasteiger partial charge in [-0.05, 0) is 18.2 Å². The Morgan fingerprint density at radius 2 is 1.91 bits per heavy atom. The molecule has 2 aliphatic rings. The third-order valence-electron chi connectivity index (χ3n) is 4.48. The normalized spacial score (nSPS) is 24.6. The molecule has 5 nitrogen and oxygen atoms in total. The molecule has 0 bridgehead atoms. The van der Waals surface area contributed by atoms with Crippen LogP contribution >= 0.6 is 15.9 Å². The Hall–Kier alpha value is -1.31. The molecule has 7 heteroatoms. The van der Waals surface area contributed by atoms with E-state index in [4.69, 9.17) is 4.74 Å². The van der Waals surface area contributed by atoms with E-state index >= 15 is 0 Å². The van der Waals surface area contributed by atoms with Gasteiger partial charge in [-0.25, -0.2) is 4.39 Å². The van der Waals surface area contributed by atoms with Gasteiger partial charge >= 0.3 is 0 Å². The Labute approximate surface area is 142 Å². The highest BCUT2D eigenvalue weighted by atomic mass is 79.9. The topological polar surface area (TPSA) is 49.9 Å². The van der Waals surface area contributed by atoms with Crippen molar-refractivity contribution >= 4 is 27.7 Å². The van der Waals surface area contributed by atoms with Crippen molar-refractivity contribution in [3.8, 4) is 0 Å². The van der Waals surface area contributed by atoms with Crippen LogP contribution in [0.15, 0.2) is 22.7 Å². The van der Waals surface area contributed by atoms with Crippen molar-refractivity contribution in [2.24, 2.45) is 11.8 Å². The van der Waals surface area contributed by atoms with E-state index in [2.05, 4.69) is 15.9 Å². The highest BCUT2D eigenvalue weighted by molar-refractivity contribution is 9.10. The van der Waals surface area contributed by atoms with E-state index in [1.165, 1.54) is 11.0 Å². The SMILES string of the molecule is COCCN1C(=O)[C@H]2CN(Cc3cc(Br)ccc3F)C[C@H]2C1=O. The van der Waals surface area contributed by atoms with Gasteiger partial charge in [0.25, 0.3) is 0 Å². The first kappa shape index (κ1) is 16.5. The Bertz CT molecular complexity index is 616. The number of methoxy groups -OCH3 is 1. The van der Waals surface area contributed by atoms with Crippen LogP contribution in [0.25, 0.3) is 0 Å². The van der Waals surface area contributed by atoms with Crippen LogP contribution in [0, 0.1) is 17.7 Å². The lowest BCUT2D eigenvalue weighted by atomic mass is 10.00. The molecule has 2 amide bonds. The zero-order valence-electron chi connectivity index (χ0n) is 12.8. The molecule has 3 rings (SSSR count). The minimum absolute atomic E-state index is 0.130. The summed E-state index contributed by atoms with van der Waals surface area (Å²) in [5, 5.41) is 0. The van der Waals surface area contributed by atoms with E-state index in [-0.39, 0.29) is 29.5 Å². The molecule has 0 unspecified atom stereocenters. The van der Waals surface area contributed by atoms with Crippen molar-refractivity contribution in [2.75, 3.05) is 33.4 Å². The van der Waals surface area contributed by atoms with Gasteiger partial charge in [-0.1, -0.05) is 15.9 Å². The number of fused-ring (bicyclic) bond motifs is 1. The third-order valence-corrected chi connectivity index (χ3v) is 4.98. The molecular weight excluding hydrogens is 367 g/mol. The fraction of sp³-hybridized carbons (Fsp3) is 0.500. The Morgan fingerprint density at radius 3 is 2.52 bits per heavy atom. The number of carbonyl (C=O) groups excluding carboxylic acids is 2. The van der Waals surface area contributed by atoms with E-state index in [9.17, 15) is 14.0 Å². The number of hydrogen-bond acceptors (Lipinski definition) is 4. The first-order valence-electron chi connectivity index (χ1n) is 7.51. The highest BCUT2D eigenvalue weighted by Gasteiger charge is 2.51. The Kier molecular flexibility index (Phi) is 4.79. The molecule has 2 fully saturated rings. The van der Waals surface area contributed by atoms with Crippen LogP contribution in [0.2, 0.25) is 0 Å². The molecule has 0 aliphatic carbocycles. The monoisotopic (exact) mass is 384 g/mol. The Morgan fingerprint density at radius 1 is 1.26 bits per heavy atom. The molecule has 124 valence electrons. The molecule has 0 aromatic heterocycles. The predicted molar refractivity (Wildman–Crippen MR) is 85.0 cm³/mol. The number of hydrogen-bond donors (Lipinski definition) is 0. The number of amides is 2. The average Bonchev–Trinajstić information content (AvgIpc) is 3.02. The maximum atomic E-state index is 13.9. The van der Waals surface area contributed by atoms with E-state index < -0.39 is 0 Å². The van der Waals surface area contributed by atoms with Gasteiger partial charge in [-0.15, -0.1) is 0 Å². The van der Waals surface area contributed by atoms with E-state index in [0.29, 0.717) is 38.3 Å². The number of nitrogens with zero attached hydrogens (tertiary/aromatic N) is 2. The van der Waals surface area contributed by atoms with Crippen LogP contribution in [0.1, 0.15) is 5.56 Å². The number of likely N-dealkylation sites (tertiary alicyclic amines) is 2. The van der Waals surface area contributed by atoms with Gasteiger partial charge < -0.3 is 4.74 Å². The average molecular weight is 385 g/mol. The molecule has 0 saturated carbocycles. The number of benzene rings is 1. The first-order valence-corrected chi connectivity index (χ1v) is 8.31. The van der Waals surface area contributed by atoms with Crippen LogP contribution in [0.4, 0.5) is 4.39 Å². The summed E-state index contributed by atoms with van der Waals surface area (Å²) in [6.07, 6.45) is 0. The lowest BCUT2D eigenvalue weighted by Gasteiger charge is -2.20. The Balaban J connectivity index is 1.67. The molecule has 2 heterocycles. The molecule has 1 aromatic rings. The fourth-order valence-corrected chi connectivity index (χ4v) is 3.74. The standard InChI is InChI=1S/C16H18BrFN2O3/c1-23-5-4-20-15(21)12-8-19(9-13(12)16(20)22)7-10-6-11(17)2-3-14(10)18/h2-3,6,12-13H,4-5,7-9H2,1H3/t12-,13+. The summed E-state index contributed by atoms with van der Waals surface area (Å²) in [7, 11) is 1.54. The highest BCUT2D eigenvalue weighted by Crippen LogP contribution is 2.34. The molecule has 23 heavy (non-hydrogen) atoms. The molecule has 1 aromatic carbocycles. The van der Waals surface area contributed by atoms with Gasteiger partial charge in [0, 0.05) is 36.8 Å². The zero-order chi connectivity index (χ0) is 16.6. The predicted octanol–water partition coefficient (Wildman–Crippen LogP) is 1.65. The number of ether oxygens (including phenoxy) is 1. The summed E-state index contributed by atoms with van der Waals surface area (Å²) in [6, 6.07) is 4.80. The van der Waals surface area contributed by atoms with Crippen molar-refractivity contribution in [3.63, 3.8) is 0 Å². The second kappa shape index (κ2) is 6.67. The maximum absolute atomic E-state index is 13.9. The van der Waals surface area contributed by atoms with E-state index in [1.807, 2.05) is 4.90 Å². The van der Waals surface area contributed by atoms with E-state index in [1.54, 1.807) is 19.2 Å². The van der Waals surface area contributed by atoms with Crippen LogP contribution in [-0.2, 0) is 20.9 Å². The van der Waals surface area contributed by atoms with Crippen molar-refractivity contribution < 1.29 is 18.7 Å². The van der Waals surface area contributed by atoms with Crippen molar-refractivity contribution in [3.05, 3.63) is 34.1 Å². The van der Waals surface area contributed by atoms with Crippen molar-refractivity contribution in [1.82, 2.24) is 9.80 Å². The molecule has 0 spiro atoms. The third kappa shape index (κ3) is 3.18. The minimum Gasteiger partial charge on any atom is -0.383 e. The van der Waals surface area contributed by atoms with Gasteiger partial charge in [-0.3, -0.25) is 19.4 Å². The van der Waals surface area contributed by atoms with Crippen molar-refractivity contribution in [1.29, 1.82) is 0 Å². The molecule has 0 N–H and O–H groups in total. The fourth-order valence-electron chi connectivity index (χ4n) is 3.33. The summed E-state index contributed by atoms with van der Waals surface area (Å²) in [5.41, 5.74) is 0.565.